The Bertz CT molecular complexity index is 867. The van der Waals surface area contributed by atoms with Crippen LogP contribution >= 0.6 is 12.4 Å². The average Bonchev–Trinajstić information content (AvgIpc) is 2.71. The van der Waals surface area contributed by atoms with Gasteiger partial charge in [0.2, 0.25) is 0 Å². The predicted molar refractivity (Wildman–Crippen MR) is 114 cm³/mol. The summed E-state index contributed by atoms with van der Waals surface area (Å²) in [5.41, 5.74) is 3.67. The molecule has 0 spiro atoms. The maximum Gasteiger partial charge on any atom is 0.119 e. The molecule has 0 amide bonds. The summed E-state index contributed by atoms with van der Waals surface area (Å²) in [7, 11) is 1.65. The van der Waals surface area contributed by atoms with Gasteiger partial charge in [0.1, 0.15) is 5.75 Å². The van der Waals surface area contributed by atoms with Gasteiger partial charge in [0.05, 0.1) is 24.4 Å². The van der Waals surface area contributed by atoms with Gasteiger partial charge in [0, 0.05) is 17.5 Å². The van der Waals surface area contributed by atoms with Crippen LogP contribution in [0.5, 0.6) is 5.75 Å². The number of likely N-dealkylation sites (N-methyl/N-ethyl adjacent to an activating group) is 1. The van der Waals surface area contributed by atoms with Crippen LogP contribution in [0.25, 0.3) is 22.2 Å². The number of benzene rings is 2. The van der Waals surface area contributed by atoms with Crippen molar-refractivity contribution in [1.29, 1.82) is 0 Å². The Labute approximate surface area is 167 Å². The van der Waals surface area contributed by atoms with Gasteiger partial charge in [-0.2, -0.15) is 0 Å². The van der Waals surface area contributed by atoms with Crippen molar-refractivity contribution in [3.05, 3.63) is 60.2 Å². The third-order valence-electron chi connectivity index (χ3n) is 4.80. The average molecular weight is 387 g/mol. The third kappa shape index (κ3) is 4.78. The first-order chi connectivity index (χ1) is 12.7. The molecule has 0 aliphatic heterocycles. The summed E-state index contributed by atoms with van der Waals surface area (Å²) in [6.07, 6.45) is -0.588. The normalized spacial score (nSPS) is 12.0. The van der Waals surface area contributed by atoms with Crippen LogP contribution in [0.3, 0.4) is 0 Å². The summed E-state index contributed by atoms with van der Waals surface area (Å²) >= 11 is 0. The summed E-state index contributed by atoms with van der Waals surface area (Å²) in [6, 6.07) is 17.9. The number of aliphatic hydroxyl groups excluding tert-OH is 1. The predicted octanol–water partition coefficient (Wildman–Crippen LogP) is 4.71. The molecular weight excluding hydrogens is 360 g/mol. The zero-order valence-electron chi connectivity index (χ0n) is 16.1. The highest BCUT2D eigenvalue weighted by molar-refractivity contribution is 5.87. The van der Waals surface area contributed by atoms with Crippen LogP contribution in [0.4, 0.5) is 0 Å². The SMILES string of the molecule is CCN(CC)CC(O)c1cc(-c2ccccc2)nc2ccc(OC)cc12.Cl. The lowest BCUT2D eigenvalue weighted by molar-refractivity contribution is 0.120. The smallest absolute Gasteiger partial charge is 0.119 e. The van der Waals surface area contributed by atoms with Crippen LogP contribution < -0.4 is 4.74 Å². The number of aromatic nitrogens is 1. The van der Waals surface area contributed by atoms with Gasteiger partial charge >= 0.3 is 0 Å². The third-order valence-corrected chi connectivity index (χ3v) is 4.80. The highest BCUT2D eigenvalue weighted by Crippen LogP contribution is 2.31. The molecule has 1 atom stereocenters. The fourth-order valence-electron chi connectivity index (χ4n) is 3.22. The minimum Gasteiger partial charge on any atom is -0.497 e. The van der Waals surface area contributed by atoms with Gasteiger partial charge in [-0.05, 0) is 42.9 Å². The topological polar surface area (TPSA) is 45.6 Å². The maximum absolute atomic E-state index is 11.0. The number of aliphatic hydroxyl groups is 1. The number of nitrogens with zero attached hydrogens (tertiary/aromatic N) is 2. The molecule has 1 aromatic heterocycles. The number of rotatable bonds is 7. The standard InChI is InChI=1S/C22H26N2O2.ClH/c1-4-24(5-2)15-22(25)19-14-21(16-9-7-6-8-10-16)23-20-12-11-17(26-3)13-18(19)20;/h6-14,22,25H,4-5,15H2,1-3H3;1H. The molecule has 0 saturated carbocycles. The molecule has 0 radical (unpaired) electrons. The van der Waals surface area contributed by atoms with Crippen LogP contribution in [-0.4, -0.2) is 41.7 Å². The summed E-state index contributed by atoms with van der Waals surface area (Å²) < 4.78 is 5.38. The minimum atomic E-state index is -0.588. The van der Waals surface area contributed by atoms with E-state index < -0.39 is 6.10 Å². The molecule has 144 valence electrons. The first-order valence-corrected chi connectivity index (χ1v) is 9.10. The number of fused-ring (bicyclic) bond motifs is 1. The van der Waals surface area contributed by atoms with E-state index in [0.29, 0.717) is 6.54 Å². The lowest BCUT2D eigenvalue weighted by Gasteiger charge is -2.23. The molecule has 1 heterocycles. The van der Waals surface area contributed by atoms with E-state index in [1.165, 1.54) is 0 Å². The zero-order valence-corrected chi connectivity index (χ0v) is 16.9. The van der Waals surface area contributed by atoms with Crippen LogP contribution in [0.1, 0.15) is 25.5 Å². The van der Waals surface area contributed by atoms with Crippen molar-refractivity contribution >= 4 is 23.3 Å². The Morgan fingerprint density at radius 3 is 2.37 bits per heavy atom. The quantitative estimate of drug-likeness (QED) is 0.638. The molecule has 0 fully saturated rings. The zero-order chi connectivity index (χ0) is 18.5. The van der Waals surface area contributed by atoms with Crippen LogP contribution in [0, 0.1) is 0 Å². The summed E-state index contributed by atoms with van der Waals surface area (Å²) in [4.78, 5) is 7.02. The van der Waals surface area contributed by atoms with Gasteiger partial charge in [-0.1, -0.05) is 44.2 Å². The van der Waals surface area contributed by atoms with E-state index in [0.717, 1.165) is 46.6 Å². The molecule has 0 saturated heterocycles. The monoisotopic (exact) mass is 386 g/mol. The first-order valence-electron chi connectivity index (χ1n) is 9.10. The lowest BCUT2D eigenvalue weighted by atomic mass is 9.99. The van der Waals surface area contributed by atoms with Crippen molar-refractivity contribution < 1.29 is 9.84 Å². The Balaban J connectivity index is 0.00000261. The van der Waals surface area contributed by atoms with Gasteiger partial charge in [-0.15, -0.1) is 12.4 Å². The molecule has 0 aliphatic rings. The fourth-order valence-corrected chi connectivity index (χ4v) is 3.22. The Kier molecular flexibility index (Phi) is 7.60. The molecule has 27 heavy (non-hydrogen) atoms. The van der Waals surface area contributed by atoms with Crippen molar-refractivity contribution in [2.24, 2.45) is 0 Å². The van der Waals surface area contributed by atoms with E-state index in [2.05, 4.69) is 18.7 Å². The Morgan fingerprint density at radius 1 is 1.04 bits per heavy atom. The van der Waals surface area contributed by atoms with E-state index >= 15 is 0 Å². The van der Waals surface area contributed by atoms with Crippen LogP contribution in [-0.2, 0) is 0 Å². The largest absolute Gasteiger partial charge is 0.497 e. The van der Waals surface area contributed by atoms with Gasteiger partial charge in [-0.25, -0.2) is 4.98 Å². The Morgan fingerprint density at radius 2 is 1.74 bits per heavy atom. The molecule has 2 aromatic carbocycles. The molecule has 3 rings (SSSR count). The molecule has 1 unspecified atom stereocenters. The number of ether oxygens (including phenoxy) is 1. The fraction of sp³-hybridized carbons (Fsp3) is 0.318. The second-order valence-electron chi connectivity index (χ2n) is 6.35. The van der Waals surface area contributed by atoms with Gasteiger partial charge < -0.3 is 14.7 Å². The van der Waals surface area contributed by atoms with Crippen molar-refractivity contribution in [3.8, 4) is 17.0 Å². The molecule has 4 nitrogen and oxygen atoms in total. The van der Waals surface area contributed by atoms with Gasteiger partial charge in [0.15, 0.2) is 0 Å². The lowest BCUT2D eigenvalue weighted by Crippen LogP contribution is -2.28. The molecule has 0 bridgehead atoms. The highest BCUT2D eigenvalue weighted by atomic mass is 35.5. The van der Waals surface area contributed by atoms with Gasteiger partial charge in [0.25, 0.3) is 0 Å². The minimum absolute atomic E-state index is 0. The Hall–Kier alpha value is -2.14. The second-order valence-corrected chi connectivity index (χ2v) is 6.35. The number of pyridine rings is 1. The summed E-state index contributed by atoms with van der Waals surface area (Å²) in [5.74, 6) is 0.767. The molecule has 1 N–H and O–H groups in total. The highest BCUT2D eigenvalue weighted by Gasteiger charge is 2.17. The van der Waals surface area contributed by atoms with Crippen molar-refractivity contribution in [3.63, 3.8) is 0 Å². The number of halogens is 1. The van der Waals surface area contributed by atoms with E-state index in [1.54, 1.807) is 7.11 Å². The van der Waals surface area contributed by atoms with E-state index in [-0.39, 0.29) is 12.4 Å². The molecule has 3 aromatic rings. The second kappa shape index (κ2) is 9.70. The summed E-state index contributed by atoms with van der Waals surface area (Å²) in [6.45, 7) is 6.63. The maximum atomic E-state index is 11.0. The number of hydrogen-bond acceptors (Lipinski definition) is 4. The van der Waals surface area contributed by atoms with E-state index in [9.17, 15) is 5.11 Å². The van der Waals surface area contributed by atoms with Crippen LogP contribution in [0.15, 0.2) is 54.6 Å². The molecular formula is C22H27ClN2O2. The molecule has 5 heteroatoms. The number of methoxy groups -OCH3 is 1. The van der Waals surface area contributed by atoms with Crippen molar-refractivity contribution in [2.45, 2.75) is 20.0 Å². The van der Waals surface area contributed by atoms with Crippen molar-refractivity contribution in [2.75, 3.05) is 26.7 Å². The van der Waals surface area contributed by atoms with E-state index in [1.807, 2.05) is 54.6 Å². The van der Waals surface area contributed by atoms with Crippen molar-refractivity contribution in [1.82, 2.24) is 9.88 Å². The number of hydrogen-bond donors (Lipinski definition) is 1. The molecule has 0 aliphatic carbocycles. The van der Waals surface area contributed by atoms with E-state index in [4.69, 9.17) is 9.72 Å². The first kappa shape index (κ1) is 21.2. The summed E-state index contributed by atoms with van der Waals surface area (Å²) in [5, 5.41) is 11.9. The van der Waals surface area contributed by atoms with Gasteiger partial charge in [-0.3, -0.25) is 0 Å². The van der Waals surface area contributed by atoms with Crippen LogP contribution in [0.2, 0.25) is 0 Å².